The number of aliphatic imine (C=N–C) groups is 1. The second-order valence-electron chi connectivity index (χ2n) is 2.63. The molecule has 14 heavy (non-hydrogen) atoms. The van der Waals surface area contributed by atoms with Gasteiger partial charge in [-0.25, -0.2) is 0 Å². The van der Waals surface area contributed by atoms with E-state index in [0.29, 0.717) is 16.0 Å². The first kappa shape index (κ1) is 11.1. The van der Waals surface area contributed by atoms with Gasteiger partial charge >= 0.3 is 0 Å². The number of hydrogen-bond donors (Lipinski definition) is 2. The van der Waals surface area contributed by atoms with Crippen molar-refractivity contribution >= 4 is 29.2 Å². The topological polar surface area (TPSA) is 50.4 Å². The summed E-state index contributed by atoms with van der Waals surface area (Å²) in [6.07, 6.45) is 0. The minimum absolute atomic E-state index is 0.579. The Morgan fingerprint density at radius 2 is 1.93 bits per heavy atom. The Morgan fingerprint density at radius 3 is 2.14 bits per heavy atom. The smallest absolute Gasteiger partial charge is 0.188 e. The van der Waals surface area contributed by atoms with Crippen LogP contribution in [0.25, 0.3) is 0 Å². The molecular weight excluding hydrogens is 221 g/mol. The van der Waals surface area contributed by atoms with E-state index < -0.39 is 0 Å². The maximum atomic E-state index is 5.56. The fraction of sp³-hybridized carbons (Fsp3) is 0.222. The Balaban J connectivity index is 0.000000146. The van der Waals surface area contributed by atoms with Gasteiger partial charge in [0.15, 0.2) is 5.96 Å². The number of hydrogen-bond acceptors (Lipinski definition) is 3. The first-order valence-electron chi connectivity index (χ1n) is 4.13. The van der Waals surface area contributed by atoms with E-state index in [2.05, 4.69) is 10.3 Å². The van der Waals surface area contributed by atoms with Gasteiger partial charge in [0.25, 0.3) is 0 Å². The molecule has 3 N–H and O–H groups in total. The van der Waals surface area contributed by atoms with E-state index in [1.165, 1.54) is 0 Å². The maximum absolute atomic E-state index is 5.56. The van der Waals surface area contributed by atoms with Crippen molar-refractivity contribution in [2.45, 2.75) is 0 Å². The quantitative estimate of drug-likeness (QED) is 0.717. The first-order valence-corrected chi connectivity index (χ1v) is 4.89. The van der Waals surface area contributed by atoms with Crippen molar-refractivity contribution in [2.24, 2.45) is 10.7 Å². The van der Waals surface area contributed by atoms with Crippen LogP contribution in [0.2, 0.25) is 10.0 Å². The monoisotopic (exact) mass is 231 g/mol. The third-order valence-electron chi connectivity index (χ3n) is 1.49. The molecule has 0 fully saturated rings. The summed E-state index contributed by atoms with van der Waals surface area (Å²) >= 11 is 11.1. The summed E-state index contributed by atoms with van der Waals surface area (Å²) in [5.41, 5.74) is 5.17. The third-order valence-corrected chi connectivity index (χ3v) is 1.96. The third kappa shape index (κ3) is 4.35. The van der Waals surface area contributed by atoms with Gasteiger partial charge in [-0.1, -0.05) is 29.3 Å². The molecule has 1 aromatic carbocycles. The fourth-order valence-electron chi connectivity index (χ4n) is 0.876. The molecule has 0 amide bonds. The number of guanidine groups is 1. The summed E-state index contributed by atoms with van der Waals surface area (Å²) in [6, 6.07) is 7.08. The van der Waals surface area contributed by atoms with Gasteiger partial charge in [-0.3, -0.25) is 4.99 Å². The number of nitrogens with zero attached hydrogens (tertiary/aromatic N) is 1. The molecule has 1 aliphatic rings. The van der Waals surface area contributed by atoms with Crippen LogP contribution in [-0.2, 0) is 0 Å². The highest BCUT2D eigenvalue weighted by atomic mass is 35.5. The highest BCUT2D eigenvalue weighted by molar-refractivity contribution is 6.34. The minimum atomic E-state index is 0.579. The molecule has 1 heterocycles. The Hall–Kier alpha value is -0.930. The van der Waals surface area contributed by atoms with Crippen LogP contribution in [0.15, 0.2) is 29.3 Å². The van der Waals surface area contributed by atoms with Crippen molar-refractivity contribution in [3.8, 4) is 0 Å². The van der Waals surface area contributed by atoms with E-state index in [9.17, 15) is 0 Å². The Kier molecular flexibility index (Phi) is 4.56. The van der Waals surface area contributed by atoms with Crippen LogP contribution in [0.3, 0.4) is 0 Å². The van der Waals surface area contributed by atoms with Gasteiger partial charge in [0, 0.05) is 16.6 Å². The van der Waals surface area contributed by atoms with Crippen LogP contribution in [0.4, 0.5) is 0 Å². The highest BCUT2D eigenvalue weighted by Crippen LogP contribution is 2.13. The largest absolute Gasteiger partial charge is 0.370 e. The molecule has 5 heteroatoms. The lowest BCUT2D eigenvalue weighted by atomic mass is 10.4. The molecular formula is C9H11Cl2N3. The molecule has 0 unspecified atom stereocenters. The standard InChI is InChI=1S/C6H4Cl2.C3H7N3/c7-5-2-1-3-6(8)4-5;4-3-5-1-2-6-3/h1-4H;1-2H2,(H3,4,5,6). The van der Waals surface area contributed by atoms with Gasteiger partial charge in [-0.2, -0.15) is 0 Å². The van der Waals surface area contributed by atoms with Crippen LogP contribution in [0.5, 0.6) is 0 Å². The number of nitrogens with two attached hydrogens (primary N) is 1. The van der Waals surface area contributed by atoms with E-state index in [4.69, 9.17) is 28.9 Å². The normalized spacial score (nSPS) is 13.7. The van der Waals surface area contributed by atoms with Crippen LogP contribution in [-0.4, -0.2) is 19.0 Å². The van der Waals surface area contributed by atoms with Crippen LogP contribution >= 0.6 is 23.2 Å². The molecule has 1 aliphatic heterocycles. The lowest BCUT2D eigenvalue weighted by molar-refractivity contribution is 0.957. The zero-order chi connectivity index (χ0) is 10.4. The number of rotatable bonds is 0. The van der Waals surface area contributed by atoms with Crippen molar-refractivity contribution in [3.63, 3.8) is 0 Å². The van der Waals surface area contributed by atoms with E-state index in [1.807, 2.05) is 6.07 Å². The van der Waals surface area contributed by atoms with Crippen molar-refractivity contribution in [1.82, 2.24) is 5.32 Å². The summed E-state index contributed by atoms with van der Waals surface area (Å²) in [4.78, 5) is 3.82. The molecule has 3 nitrogen and oxygen atoms in total. The van der Waals surface area contributed by atoms with E-state index >= 15 is 0 Å². The van der Waals surface area contributed by atoms with Crippen molar-refractivity contribution in [3.05, 3.63) is 34.3 Å². The second-order valence-corrected chi connectivity index (χ2v) is 3.51. The number of halogens is 2. The van der Waals surface area contributed by atoms with E-state index in [-0.39, 0.29) is 0 Å². The van der Waals surface area contributed by atoms with Gasteiger partial charge in [0.05, 0.1) is 6.54 Å². The van der Waals surface area contributed by atoms with E-state index in [1.54, 1.807) is 18.2 Å². The summed E-state index contributed by atoms with van der Waals surface area (Å²) in [5.74, 6) is 0.579. The molecule has 0 aliphatic carbocycles. The summed E-state index contributed by atoms with van der Waals surface area (Å²) in [5, 5.41) is 4.20. The average Bonchev–Trinajstić information content (AvgIpc) is 2.56. The molecule has 2 rings (SSSR count). The maximum Gasteiger partial charge on any atom is 0.188 e. The minimum Gasteiger partial charge on any atom is -0.370 e. The van der Waals surface area contributed by atoms with Gasteiger partial charge in [-0.15, -0.1) is 0 Å². The highest BCUT2D eigenvalue weighted by Gasteiger charge is 1.94. The molecule has 0 spiro atoms. The van der Waals surface area contributed by atoms with Gasteiger partial charge < -0.3 is 11.1 Å². The lowest BCUT2D eigenvalue weighted by Gasteiger charge is -1.86. The molecule has 76 valence electrons. The lowest BCUT2D eigenvalue weighted by Crippen LogP contribution is -2.26. The van der Waals surface area contributed by atoms with Crippen molar-refractivity contribution in [2.75, 3.05) is 13.1 Å². The van der Waals surface area contributed by atoms with Crippen LogP contribution < -0.4 is 11.1 Å². The Bertz CT molecular complexity index is 308. The zero-order valence-electron chi connectivity index (χ0n) is 7.50. The van der Waals surface area contributed by atoms with Crippen LogP contribution in [0, 0.1) is 0 Å². The molecule has 0 atom stereocenters. The second kappa shape index (κ2) is 5.73. The van der Waals surface area contributed by atoms with Crippen LogP contribution in [0.1, 0.15) is 0 Å². The fourth-order valence-corrected chi connectivity index (χ4v) is 1.31. The molecule has 1 aromatic rings. The van der Waals surface area contributed by atoms with E-state index in [0.717, 1.165) is 13.1 Å². The zero-order valence-corrected chi connectivity index (χ0v) is 9.02. The Labute approximate surface area is 92.9 Å². The molecule has 0 saturated carbocycles. The van der Waals surface area contributed by atoms with Gasteiger partial charge in [0.2, 0.25) is 0 Å². The van der Waals surface area contributed by atoms with Crippen molar-refractivity contribution < 1.29 is 0 Å². The summed E-state index contributed by atoms with van der Waals surface area (Å²) in [7, 11) is 0. The molecule has 0 aromatic heterocycles. The summed E-state index contributed by atoms with van der Waals surface area (Å²) in [6.45, 7) is 1.75. The Morgan fingerprint density at radius 1 is 1.29 bits per heavy atom. The first-order chi connectivity index (χ1) is 6.68. The average molecular weight is 232 g/mol. The molecule has 0 radical (unpaired) electrons. The van der Waals surface area contributed by atoms with Gasteiger partial charge in [0.1, 0.15) is 0 Å². The molecule has 0 saturated heterocycles. The summed E-state index contributed by atoms with van der Waals surface area (Å²) < 4.78 is 0. The number of benzene rings is 1. The molecule has 0 bridgehead atoms. The number of nitrogens with one attached hydrogen (secondary N) is 1. The predicted molar refractivity (Wildman–Crippen MR) is 61.0 cm³/mol. The van der Waals surface area contributed by atoms with Crippen molar-refractivity contribution in [1.29, 1.82) is 0 Å². The predicted octanol–water partition coefficient (Wildman–Crippen LogP) is 1.90. The SMILES string of the molecule is Clc1cccc(Cl)c1.NC1=NCCN1. The van der Waals surface area contributed by atoms with Gasteiger partial charge in [-0.05, 0) is 18.2 Å².